The van der Waals surface area contributed by atoms with Crippen molar-refractivity contribution in [1.82, 2.24) is 19.7 Å². The highest BCUT2D eigenvalue weighted by Crippen LogP contribution is 2.28. The number of aromatic amines is 1. The molecule has 158 valence electrons. The standard InChI is InChI=1S/C18H19FN6O3S2/c1-9(2)7-25-14(20)13(15(27)22-17(25)28)12(26)8-29-18-24-23-16(30-18)21-11-5-3-4-10(19)6-11/h3-6,9H,7-8,20H2,1-2H3,(H,21,23)(H,22,27,28). The number of nitrogens with zero attached hydrogens (tertiary/aromatic N) is 3. The maximum absolute atomic E-state index is 13.3. The molecule has 3 rings (SSSR count). The fraction of sp³-hybridized carbons (Fsp3) is 0.278. The van der Waals surface area contributed by atoms with Gasteiger partial charge in [0.05, 0.1) is 5.75 Å². The summed E-state index contributed by atoms with van der Waals surface area (Å²) in [4.78, 5) is 38.9. The summed E-state index contributed by atoms with van der Waals surface area (Å²) in [7, 11) is 0. The second-order valence-corrected chi connectivity index (χ2v) is 8.94. The van der Waals surface area contributed by atoms with E-state index in [0.29, 0.717) is 15.2 Å². The van der Waals surface area contributed by atoms with E-state index in [0.717, 1.165) is 11.8 Å². The highest BCUT2D eigenvalue weighted by molar-refractivity contribution is 8.01. The van der Waals surface area contributed by atoms with Gasteiger partial charge in [0.1, 0.15) is 17.2 Å². The van der Waals surface area contributed by atoms with Crippen LogP contribution in [0, 0.1) is 11.7 Å². The van der Waals surface area contributed by atoms with Gasteiger partial charge in [0.2, 0.25) is 5.13 Å². The molecule has 2 aromatic heterocycles. The van der Waals surface area contributed by atoms with Crippen LogP contribution in [0.25, 0.3) is 0 Å². The number of thioether (sulfide) groups is 1. The third-order valence-corrected chi connectivity index (χ3v) is 5.85. The molecule has 0 saturated carbocycles. The van der Waals surface area contributed by atoms with Crippen LogP contribution >= 0.6 is 23.1 Å². The summed E-state index contributed by atoms with van der Waals surface area (Å²) in [5.41, 5.74) is 4.77. The molecule has 0 aliphatic carbocycles. The van der Waals surface area contributed by atoms with Gasteiger partial charge < -0.3 is 11.1 Å². The number of nitrogen functional groups attached to an aromatic ring is 1. The minimum absolute atomic E-state index is 0.0960. The lowest BCUT2D eigenvalue weighted by Crippen LogP contribution is -2.37. The Morgan fingerprint density at radius 2 is 2.13 bits per heavy atom. The summed E-state index contributed by atoms with van der Waals surface area (Å²) in [6.45, 7) is 4.05. The lowest BCUT2D eigenvalue weighted by atomic mass is 10.2. The Bertz CT molecular complexity index is 1190. The third-order valence-electron chi connectivity index (χ3n) is 3.88. The Morgan fingerprint density at radius 1 is 1.37 bits per heavy atom. The largest absolute Gasteiger partial charge is 0.384 e. The molecule has 3 aromatic rings. The molecule has 0 atom stereocenters. The quantitative estimate of drug-likeness (QED) is 0.352. The average Bonchev–Trinajstić information content (AvgIpc) is 3.10. The van der Waals surface area contributed by atoms with Gasteiger partial charge in [-0.2, -0.15) is 0 Å². The molecule has 30 heavy (non-hydrogen) atoms. The van der Waals surface area contributed by atoms with Crippen molar-refractivity contribution < 1.29 is 9.18 Å². The van der Waals surface area contributed by atoms with Crippen molar-refractivity contribution in [3.63, 3.8) is 0 Å². The van der Waals surface area contributed by atoms with Crippen LogP contribution in [0.1, 0.15) is 24.2 Å². The van der Waals surface area contributed by atoms with Crippen molar-refractivity contribution in [2.45, 2.75) is 24.7 Å². The first-order chi connectivity index (χ1) is 14.2. The molecule has 12 heteroatoms. The highest BCUT2D eigenvalue weighted by Gasteiger charge is 2.20. The van der Waals surface area contributed by atoms with Crippen LogP contribution in [0.2, 0.25) is 0 Å². The summed E-state index contributed by atoms with van der Waals surface area (Å²) in [6, 6.07) is 5.89. The van der Waals surface area contributed by atoms with Gasteiger partial charge in [0.15, 0.2) is 10.1 Å². The minimum Gasteiger partial charge on any atom is -0.384 e. The zero-order valence-electron chi connectivity index (χ0n) is 16.1. The van der Waals surface area contributed by atoms with Gasteiger partial charge in [-0.15, -0.1) is 10.2 Å². The van der Waals surface area contributed by atoms with Crippen molar-refractivity contribution >= 4 is 45.5 Å². The number of Topliss-reactive ketones (excluding diaryl/α,β-unsaturated/α-hetero) is 1. The molecular weight excluding hydrogens is 431 g/mol. The second-order valence-electron chi connectivity index (χ2n) is 6.74. The molecule has 0 bridgehead atoms. The summed E-state index contributed by atoms with van der Waals surface area (Å²) < 4.78 is 14.9. The van der Waals surface area contributed by atoms with Gasteiger partial charge in [0.25, 0.3) is 5.56 Å². The van der Waals surface area contributed by atoms with E-state index in [1.807, 2.05) is 13.8 Å². The molecule has 0 saturated heterocycles. The van der Waals surface area contributed by atoms with Crippen LogP contribution < -0.4 is 22.3 Å². The van der Waals surface area contributed by atoms with E-state index in [4.69, 9.17) is 5.73 Å². The Hall–Kier alpha value is -2.99. The van der Waals surface area contributed by atoms with Crippen LogP contribution in [0.4, 0.5) is 21.0 Å². The van der Waals surface area contributed by atoms with E-state index < -0.39 is 17.0 Å². The second kappa shape index (κ2) is 9.22. The Labute approximate surface area is 178 Å². The van der Waals surface area contributed by atoms with Crippen molar-refractivity contribution in [2.24, 2.45) is 5.92 Å². The first kappa shape index (κ1) is 21.7. The number of nitrogens with one attached hydrogen (secondary N) is 2. The zero-order valence-corrected chi connectivity index (χ0v) is 17.8. The number of rotatable bonds is 8. The van der Waals surface area contributed by atoms with Crippen LogP contribution in [0.5, 0.6) is 0 Å². The lowest BCUT2D eigenvalue weighted by molar-refractivity contribution is 0.102. The zero-order chi connectivity index (χ0) is 21.8. The van der Waals surface area contributed by atoms with E-state index in [1.54, 1.807) is 12.1 Å². The average molecular weight is 451 g/mol. The van der Waals surface area contributed by atoms with Crippen molar-refractivity contribution in [2.75, 3.05) is 16.8 Å². The van der Waals surface area contributed by atoms with Crippen molar-refractivity contribution in [3.8, 4) is 0 Å². The lowest BCUT2D eigenvalue weighted by Gasteiger charge is -2.13. The number of halogens is 1. The maximum Gasteiger partial charge on any atom is 0.329 e. The molecule has 0 radical (unpaired) electrons. The third kappa shape index (κ3) is 5.13. The van der Waals surface area contributed by atoms with E-state index in [2.05, 4.69) is 20.5 Å². The molecule has 9 nitrogen and oxygen atoms in total. The van der Waals surface area contributed by atoms with E-state index in [9.17, 15) is 18.8 Å². The van der Waals surface area contributed by atoms with Gasteiger partial charge >= 0.3 is 5.69 Å². The van der Waals surface area contributed by atoms with Crippen LogP contribution in [-0.4, -0.2) is 31.3 Å². The van der Waals surface area contributed by atoms with Crippen molar-refractivity contribution in [1.29, 1.82) is 0 Å². The molecule has 1 aromatic carbocycles. The SMILES string of the molecule is CC(C)Cn1c(N)c(C(=O)CSc2nnc(Nc3cccc(F)c3)s2)c(=O)[nH]c1=O. The molecule has 2 heterocycles. The smallest absolute Gasteiger partial charge is 0.329 e. The van der Waals surface area contributed by atoms with Gasteiger partial charge in [-0.3, -0.25) is 19.1 Å². The van der Waals surface area contributed by atoms with Gasteiger partial charge in [-0.25, -0.2) is 9.18 Å². The summed E-state index contributed by atoms with van der Waals surface area (Å²) in [5, 5.41) is 11.3. The number of carbonyl (C=O) groups excluding carboxylic acids is 1. The van der Waals surface area contributed by atoms with E-state index in [1.165, 1.54) is 28.0 Å². The monoisotopic (exact) mass is 450 g/mol. The van der Waals surface area contributed by atoms with Crippen LogP contribution in [-0.2, 0) is 6.54 Å². The number of ketones is 1. The number of carbonyl (C=O) groups is 1. The Morgan fingerprint density at radius 3 is 2.83 bits per heavy atom. The predicted octanol–water partition coefficient (Wildman–Crippen LogP) is 2.48. The number of hydrogen-bond donors (Lipinski definition) is 3. The van der Waals surface area contributed by atoms with E-state index in [-0.39, 0.29) is 35.4 Å². The minimum atomic E-state index is -0.811. The molecule has 0 aliphatic heterocycles. The Balaban J connectivity index is 1.71. The fourth-order valence-corrected chi connectivity index (χ4v) is 4.26. The summed E-state index contributed by atoms with van der Waals surface area (Å²) >= 11 is 2.26. The predicted molar refractivity (Wildman–Crippen MR) is 115 cm³/mol. The number of H-pyrrole nitrogens is 1. The van der Waals surface area contributed by atoms with E-state index >= 15 is 0 Å². The first-order valence-electron chi connectivity index (χ1n) is 8.89. The molecular formula is C18H19FN6O3S2. The highest BCUT2D eigenvalue weighted by atomic mass is 32.2. The van der Waals surface area contributed by atoms with Crippen LogP contribution in [0.3, 0.4) is 0 Å². The van der Waals surface area contributed by atoms with Gasteiger partial charge in [0, 0.05) is 12.2 Å². The van der Waals surface area contributed by atoms with Crippen LogP contribution in [0.15, 0.2) is 38.2 Å². The summed E-state index contributed by atoms with van der Waals surface area (Å²) in [5.74, 6) is -1.06. The number of aromatic nitrogens is 4. The number of hydrogen-bond acceptors (Lipinski definition) is 9. The Kier molecular flexibility index (Phi) is 6.67. The molecule has 0 fully saturated rings. The number of anilines is 3. The normalized spacial score (nSPS) is 11.1. The number of benzene rings is 1. The molecule has 4 N–H and O–H groups in total. The fourth-order valence-electron chi connectivity index (χ4n) is 2.61. The van der Waals surface area contributed by atoms with Gasteiger partial charge in [-0.1, -0.05) is 43.0 Å². The topological polar surface area (TPSA) is 136 Å². The van der Waals surface area contributed by atoms with Crippen molar-refractivity contribution in [3.05, 3.63) is 56.5 Å². The molecule has 0 aliphatic rings. The molecule has 0 unspecified atom stereocenters. The summed E-state index contributed by atoms with van der Waals surface area (Å²) in [6.07, 6.45) is 0. The maximum atomic E-state index is 13.3. The first-order valence-corrected chi connectivity index (χ1v) is 10.7. The molecule has 0 amide bonds. The number of nitrogens with two attached hydrogens (primary N) is 1. The molecule has 0 spiro atoms. The van der Waals surface area contributed by atoms with Gasteiger partial charge in [-0.05, 0) is 24.1 Å².